The molecule has 0 aliphatic carbocycles. The van der Waals surface area contributed by atoms with Crippen LogP contribution in [0.3, 0.4) is 0 Å². The lowest BCUT2D eigenvalue weighted by Gasteiger charge is -2.10. The Labute approximate surface area is 149 Å². The molecule has 3 rings (SSSR count). The van der Waals surface area contributed by atoms with E-state index < -0.39 is 21.7 Å². The molecule has 0 atom stereocenters. The lowest BCUT2D eigenvalue weighted by atomic mass is 10.2. The molecule has 2 N–H and O–H groups in total. The van der Waals surface area contributed by atoms with Crippen molar-refractivity contribution in [2.45, 2.75) is 11.8 Å². The van der Waals surface area contributed by atoms with E-state index >= 15 is 0 Å². The van der Waals surface area contributed by atoms with Gasteiger partial charge in [0.25, 0.3) is 10.0 Å². The Bertz CT molecular complexity index is 1020. The van der Waals surface area contributed by atoms with Crippen LogP contribution < -0.4 is 10.0 Å². The zero-order valence-corrected chi connectivity index (χ0v) is 14.5. The van der Waals surface area contributed by atoms with E-state index in [1.807, 2.05) is 0 Å². The van der Waals surface area contributed by atoms with Crippen LogP contribution in [0.25, 0.3) is 0 Å². The van der Waals surface area contributed by atoms with Gasteiger partial charge in [0.15, 0.2) is 0 Å². The fourth-order valence-electron chi connectivity index (χ4n) is 2.27. The molecule has 0 radical (unpaired) electrons. The predicted molar refractivity (Wildman–Crippen MR) is 95.9 cm³/mol. The van der Waals surface area contributed by atoms with Gasteiger partial charge in [0.2, 0.25) is 0 Å². The van der Waals surface area contributed by atoms with Crippen molar-refractivity contribution in [2.24, 2.45) is 0 Å². The van der Waals surface area contributed by atoms with E-state index in [0.29, 0.717) is 5.69 Å². The van der Waals surface area contributed by atoms with Crippen molar-refractivity contribution in [3.63, 3.8) is 0 Å². The summed E-state index contributed by atoms with van der Waals surface area (Å²) in [5.41, 5.74) is 0.821. The zero-order valence-electron chi connectivity index (χ0n) is 13.7. The summed E-state index contributed by atoms with van der Waals surface area (Å²) in [7, 11) is -3.77. The summed E-state index contributed by atoms with van der Waals surface area (Å²) >= 11 is 0. The minimum absolute atomic E-state index is 0.0889. The predicted octanol–water partition coefficient (Wildman–Crippen LogP) is 4.21. The number of aryl methyl sites for hydroxylation is 1. The number of pyridine rings is 1. The third-order valence-electron chi connectivity index (χ3n) is 3.53. The molecular formula is C18H15F2N3O2S. The Morgan fingerprint density at radius 1 is 0.962 bits per heavy atom. The largest absolute Gasteiger partial charge is 0.349 e. The molecule has 1 aromatic heterocycles. The molecule has 0 unspecified atom stereocenters. The van der Waals surface area contributed by atoms with Gasteiger partial charge >= 0.3 is 0 Å². The number of hydrogen-bond acceptors (Lipinski definition) is 4. The molecule has 26 heavy (non-hydrogen) atoms. The van der Waals surface area contributed by atoms with Crippen molar-refractivity contribution in [1.29, 1.82) is 0 Å². The first-order chi connectivity index (χ1) is 12.3. The van der Waals surface area contributed by atoms with Gasteiger partial charge in [0, 0.05) is 0 Å². The molecule has 0 aliphatic rings. The van der Waals surface area contributed by atoms with Crippen molar-refractivity contribution < 1.29 is 17.2 Å². The molecule has 0 spiro atoms. The maximum atomic E-state index is 13.6. The summed E-state index contributed by atoms with van der Waals surface area (Å²) < 4.78 is 54.4. The molecule has 3 aromatic rings. The third kappa shape index (κ3) is 3.97. The molecule has 0 amide bonds. The normalized spacial score (nSPS) is 11.2. The van der Waals surface area contributed by atoms with Crippen molar-refractivity contribution in [1.82, 2.24) is 4.98 Å². The summed E-state index contributed by atoms with van der Waals surface area (Å²) in [6, 6.07) is 12.8. The molecule has 0 bridgehead atoms. The molecule has 2 aromatic carbocycles. The van der Waals surface area contributed by atoms with Gasteiger partial charge in [-0.05, 0) is 48.9 Å². The Hall–Kier alpha value is -3.00. The second kappa shape index (κ2) is 7.09. The van der Waals surface area contributed by atoms with Crippen molar-refractivity contribution in [3.05, 3.63) is 78.0 Å². The third-order valence-corrected chi connectivity index (χ3v) is 4.89. The second-order valence-electron chi connectivity index (χ2n) is 5.58. The molecule has 0 saturated carbocycles. The van der Waals surface area contributed by atoms with Crippen LogP contribution in [0.4, 0.5) is 26.0 Å². The van der Waals surface area contributed by atoms with Crippen LogP contribution in [0.1, 0.15) is 5.56 Å². The standard InChI is InChI=1S/C18H15F2N3O2S/c1-12-4-2-5-14(10-12)26(24,25)23-17-9-8-13(11-21-17)22-18-15(19)6-3-7-16(18)20/h2-11,22H,1H3,(H,21,23). The van der Waals surface area contributed by atoms with Crippen LogP contribution in [-0.2, 0) is 10.0 Å². The number of benzene rings is 2. The molecule has 0 aliphatic heterocycles. The van der Waals surface area contributed by atoms with Gasteiger partial charge in [-0.15, -0.1) is 0 Å². The lowest BCUT2D eigenvalue weighted by molar-refractivity contribution is 0.590. The number of para-hydroxylation sites is 1. The van der Waals surface area contributed by atoms with E-state index in [2.05, 4.69) is 15.0 Å². The Morgan fingerprint density at radius 2 is 1.65 bits per heavy atom. The Balaban J connectivity index is 1.78. The number of nitrogens with zero attached hydrogens (tertiary/aromatic N) is 1. The van der Waals surface area contributed by atoms with Gasteiger partial charge in [0.1, 0.15) is 23.1 Å². The van der Waals surface area contributed by atoms with E-state index in [1.54, 1.807) is 25.1 Å². The number of hydrogen-bond donors (Lipinski definition) is 2. The summed E-state index contributed by atoms with van der Waals surface area (Å²) in [5, 5.41) is 2.58. The first kappa shape index (κ1) is 17.8. The number of rotatable bonds is 5. The quantitative estimate of drug-likeness (QED) is 0.701. The molecular weight excluding hydrogens is 360 g/mol. The molecule has 134 valence electrons. The monoisotopic (exact) mass is 375 g/mol. The maximum absolute atomic E-state index is 13.6. The molecule has 0 saturated heterocycles. The Morgan fingerprint density at radius 3 is 2.27 bits per heavy atom. The summed E-state index contributed by atoms with van der Waals surface area (Å²) in [4.78, 5) is 4.09. The van der Waals surface area contributed by atoms with Crippen molar-refractivity contribution in [3.8, 4) is 0 Å². The van der Waals surface area contributed by atoms with Crippen LogP contribution in [0.2, 0.25) is 0 Å². The average Bonchev–Trinajstić information content (AvgIpc) is 2.59. The van der Waals surface area contributed by atoms with Gasteiger partial charge in [-0.25, -0.2) is 22.2 Å². The van der Waals surface area contributed by atoms with E-state index in [0.717, 1.165) is 17.7 Å². The number of halogens is 2. The minimum Gasteiger partial charge on any atom is -0.349 e. The Kier molecular flexibility index (Phi) is 4.85. The number of sulfonamides is 1. The van der Waals surface area contributed by atoms with Gasteiger partial charge in [-0.2, -0.15) is 0 Å². The number of aromatic nitrogens is 1. The molecule has 0 fully saturated rings. The molecule has 8 heteroatoms. The first-order valence-corrected chi connectivity index (χ1v) is 9.10. The minimum atomic E-state index is -3.77. The average molecular weight is 375 g/mol. The summed E-state index contributed by atoms with van der Waals surface area (Å²) in [5.74, 6) is -1.39. The van der Waals surface area contributed by atoms with Gasteiger partial charge in [-0.3, -0.25) is 4.72 Å². The van der Waals surface area contributed by atoms with Crippen LogP contribution in [0, 0.1) is 18.6 Å². The summed E-state index contributed by atoms with van der Waals surface area (Å²) in [6.45, 7) is 1.79. The lowest BCUT2D eigenvalue weighted by Crippen LogP contribution is -2.14. The highest BCUT2D eigenvalue weighted by molar-refractivity contribution is 7.92. The highest BCUT2D eigenvalue weighted by atomic mass is 32.2. The second-order valence-corrected chi connectivity index (χ2v) is 7.26. The fourth-order valence-corrected chi connectivity index (χ4v) is 3.38. The number of nitrogens with one attached hydrogen (secondary N) is 2. The van der Waals surface area contributed by atoms with E-state index in [1.165, 1.54) is 30.5 Å². The van der Waals surface area contributed by atoms with E-state index in [-0.39, 0.29) is 16.4 Å². The van der Waals surface area contributed by atoms with Crippen LogP contribution in [0.5, 0.6) is 0 Å². The molecule has 5 nitrogen and oxygen atoms in total. The van der Waals surface area contributed by atoms with Gasteiger partial charge < -0.3 is 5.32 Å². The molecule has 1 heterocycles. The van der Waals surface area contributed by atoms with E-state index in [9.17, 15) is 17.2 Å². The maximum Gasteiger partial charge on any atom is 0.263 e. The van der Waals surface area contributed by atoms with Crippen molar-refractivity contribution >= 4 is 27.2 Å². The zero-order chi connectivity index (χ0) is 18.7. The van der Waals surface area contributed by atoms with Crippen LogP contribution >= 0.6 is 0 Å². The van der Waals surface area contributed by atoms with Gasteiger partial charge in [-0.1, -0.05) is 18.2 Å². The van der Waals surface area contributed by atoms with Gasteiger partial charge in [0.05, 0.1) is 16.8 Å². The highest BCUT2D eigenvalue weighted by Gasteiger charge is 2.15. The highest BCUT2D eigenvalue weighted by Crippen LogP contribution is 2.23. The van der Waals surface area contributed by atoms with E-state index in [4.69, 9.17) is 0 Å². The smallest absolute Gasteiger partial charge is 0.263 e. The fraction of sp³-hybridized carbons (Fsp3) is 0.0556. The van der Waals surface area contributed by atoms with Crippen LogP contribution in [0.15, 0.2) is 65.7 Å². The SMILES string of the molecule is Cc1cccc(S(=O)(=O)Nc2ccc(Nc3c(F)cccc3F)cn2)c1. The topological polar surface area (TPSA) is 71.1 Å². The summed E-state index contributed by atoms with van der Waals surface area (Å²) in [6.07, 6.45) is 1.28. The number of anilines is 3. The van der Waals surface area contributed by atoms with Crippen molar-refractivity contribution in [2.75, 3.05) is 10.0 Å². The van der Waals surface area contributed by atoms with Crippen LogP contribution in [-0.4, -0.2) is 13.4 Å². The first-order valence-electron chi connectivity index (χ1n) is 7.62.